The Morgan fingerprint density at radius 1 is 1.48 bits per heavy atom. The molecular weight excluding hydrogens is 303 g/mol. The van der Waals surface area contributed by atoms with E-state index in [2.05, 4.69) is 0 Å². The van der Waals surface area contributed by atoms with Crippen molar-refractivity contribution in [2.45, 2.75) is 13.3 Å². The Labute approximate surface area is 120 Å². The van der Waals surface area contributed by atoms with Crippen molar-refractivity contribution in [3.05, 3.63) is 33.9 Å². The van der Waals surface area contributed by atoms with E-state index >= 15 is 0 Å². The molecule has 9 heteroatoms. The van der Waals surface area contributed by atoms with E-state index < -0.39 is 26.8 Å². The lowest BCUT2D eigenvalue weighted by Crippen LogP contribution is -2.25. The summed E-state index contributed by atoms with van der Waals surface area (Å²) in [6.45, 7) is 1.63. The standard InChI is InChI=1S/C12H13FN2O5S/c1-8-4-10(2-3-11(8)15(17)18)14-6-9(5-12(14)16)7-21(13,19)20/h2-4,9H,5-7H2,1H3. The number of hydrogen-bond acceptors (Lipinski definition) is 5. The number of carbonyl (C=O) groups is 1. The van der Waals surface area contributed by atoms with Gasteiger partial charge in [0.05, 0.1) is 10.7 Å². The molecule has 2 rings (SSSR count). The van der Waals surface area contributed by atoms with Crippen molar-refractivity contribution in [3.63, 3.8) is 0 Å². The van der Waals surface area contributed by atoms with Crippen LogP contribution in [0.15, 0.2) is 18.2 Å². The molecule has 0 spiro atoms. The number of anilines is 1. The summed E-state index contributed by atoms with van der Waals surface area (Å²) in [4.78, 5) is 23.4. The van der Waals surface area contributed by atoms with Gasteiger partial charge in [0, 0.05) is 36.2 Å². The Hall–Kier alpha value is -2.03. The molecule has 1 aliphatic rings. The number of benzene rings is 1. The van der Waals surface area contributed by atoms with E-state index in [0.29, 0.717) is 11.3 Å². The zero-order valence-electron chi connectivity index (χ0n) is 11.2. The van der Waals surface area contributed by atoms with Crippen LogP contribution in [-0.4, -0.2) is 31.5 Å². The summed E-state index contributed by atoms with van der Waals surface area (Å²) in [5, 5.41) is 10.7. The van der Waals surface area contributed by atoms with Crippen LogP contribution < -0.4 is 4.90 Å². The normalized spacial score (nSPS) is 19.0. The molecule has 1 heterocycles. The van der Waals surface area contributed by atoms with Gasteiger partial charge in [-0.1, -0.05) is 0 Å². The molecule has 0 saturated carbocycles. The van der Waals surface area contributed by atoms with E-state index in [9.17, 15) is 27.2 Å². The number of aryl methyl sites for hydroxylation is 1. The summed E-state index contributed by atoms with van der Waals surface area (Å²) >= 11 is 0. The number of nitro groups is 1. The van der Waals surface area contributed by atoms with E-state index in [1.807, 2.05) is 0 Å². The summed E-state index contributed by atoms with van der Waals surface area (Å²) in [5.41, 5.74) is 0.780. The molecule has 0 aromatic heterocycles. The van der Waals surface area contributed by atoms with E-state index in [0.717, 1.165) is 0 Å². The van der Waals surface area contributed by atoms with Gasteiger partial charge >= 0.3 is 10.2 Å². The van der Waals surface area contributed by atoms with Crippen LogP contribution >= 0.6 is 0 Å². The van der Waals surface area contributed by atoms with E-state index in [1.165, 1.54) is 23.1 Å². The number of nitrogens with zero attached hydrogens (tertiary/aromatic N) is 2. The molecule has 0 N–H and O–H groups in total. The molecular formula is C12H13FN2O5S. The van der Waals surface area contributed by atoms with Crippen LogP contribution in [0.4, 0.5) is 15.3 Å². The van der Waals surface area contributed by atoms with E-state index in [1.54, 1.807) is 6.92 Å². The van der Waals surface area contributed by atoms with E-state index in [4.69, 9.17) is 0 Å². The van der Waals surface area contributed by atoms with Crippen LogP contribution in [0.5, 0.6) is 0 Å². The minimum Gasteiger partial charge on any atom is -0.312 e. The van der Waals surface area contributed by atoms with Gasteiger partial charge in [0.15, 0.2) is 0 Å². The Morgan fingerprint density at radius 2 is 2.14 bits per heavy atom. The van der Waals surface area contributed by atoms with Crippen molar-refractivity contribution in [2.24, 2.45) is 5.92 Å². The molecule has 1 atom stereocenters. The Morgan fingerprint density at radius 3 is 2.67 bits per heavy atom. The van der Waals surface area contributed by atoms with Crippen LogP contribution in [0.3, 0.4) is 0 Å². The zero-order valence-corrected chi connectivity index (χ0v) is 12.0. The number of amides is 1. The summed E-state index contributed by atoms with van der Waals surface area (Å²) in [6.07, 6.45) is -0.0564. The lowest BCUT2D eigenvalue weighted by molar-refractivity contribution is -0.385. The molecule has 1 aromatic carbocycles. The second kappa shape index (κ2) is 5.40. The third-order valence-corrected chi connectivity index (χ3v) is 4.20. The molecule has 21 heavy (non-hydrogen) atoms. The topological polar surface area (TPSA) is 97.6 Å². The quantitative estimate of drug-likeness (QED) is 0.477. The first kappa shape index (κ1) is 15.4. The molecule has 1 amide bonds. The highest BCUT2D eigenvalue weighted by Crippen LogP contribution is 2.29. The maximum atomic E-state index is 12.7. The van der Waals surface area contributed by atoms with E-state index in [-0.39, 0.29) is 24.6 Å². The van der Waals surface area contributed by atoms with Gasteiger partial charge in [0.1, 0.15) is 0 Å². The van der Waals surface area contributed by atoms with Crippen molar-refractivity contribution in [1.82, 2.24) is 0 Å². The average molecular weight is 316 g/mol. The number of hydrogen-bond donors (Lipinski definition) is 0. The fourth-order valence-electron chi connectivity index (χ4n) is 2.44. The summed E-state index contributed by atoms with van der Waals surface area (Å²) in [5.74, 6) is -1.62. The van der Waals surface area contributed by atoms with Crippen LogP contribution in [-0.2, 0) is 15.0 Å². The molecule has 1 fully saturated rings. The van der Waals surface area contributed by atoms with Crippen molar-refractivity contribution < 1.29 is 22.0 Å². The van der Waals surface area contributed by atoms with Crippen molar-refractivity contribution >= 4 is 27.5 Å². The largest absolute Gasteiger partial charge is 0.312 e. The van der Waals surface area contributed by atoms with Gasteiger partial charge in [0.25, 0.3) is 5.69 Å². The van der Waals surface area contributed by atoms with Gasteiger partial charge < -0.3 is 4.90 Å². The Bertz CT molecular complexity index is 704. The number of nitro benzene ring substituents is 1. The first-order valence-corrected chi connectivity index (χ1v) is 7.70. The SMILES string of the molecule is Cc1cc(N2CC(CS(=O)(=O)F)CC2=O)ccc1[N+](=O)[O-]. The lowest BCUT2D eigenvalue weighted by atomic mass is 10.1. The molecule has 1 aliphatic heterocycles. The molecule has 1 unspecified atom stereocenters. The molecule has 1 saturated heterocycles. The third-order valence-electron chi connectivity index (χ3n) is 3.33. The first-order chi connectivity index (χ1) is 9.67. The maximum Gasteiger partial charge on any atom is 0.302 e. The predicted molar refractivity (Wildman–Crippen MR) is 73.2 cm³/mol. The average Bonchev–Trinajstić information content (AvgIpc) is 2.66. The van der Waals surface area contributed by atoms with Gasteiger partial charge in [-0.05, 0) is 19.1 Å². The highest BCUT2D eigenvalue weighted by molar-refractivity contribution is 7.86. The molecule has 0 bridgehead atoms. The highest BCUT2D eigenvalue weighted by atomic mass is 32.3. The molecule has 1 aromatic rings. The van der Waals surface area contributed by atoms with Gasteiger partial charge in [-0.2, -0.15) is 8.42 Å². The van der Waals surface area contributed by atoms with Crippen molar-refractivity contribution in [2.75, 3.05) is 17.2 Å². The predicted octanol–water partition coefficient (Wildman–Crippen LogP) is 1.56. The number of carbonyl (C=O) groups excluding carboxylic acids is 1. The summed E-state index contributed by atoms with van der Waals surface area (Å²) in [7, 11) is -4.63. The second-order valence-electron chi connectivity index (χ2n) is 5.01. The number of halogens is 1. The van der Waals surface area contributed by atoms with Gasteiger partial charge in [-0.15, -0.1) is 3.89 Å². The summed E-state index contributed by atoms with van der Waals surface area (Å²) < 4.78 is 33.9. The molecule has 7 nitrogen and oxygen atoms in total. The minimum absolute atomic E-state index is 0.0564. The van der Waals surface area contributed by atoms with Gasteiger partial charge in [-0.25, -0.2) is 0 Å². The Kier molecular flexibility index (Phi) is 3.95. The van der Waals surface area contributed by atoms with Crippen LogP contribution in [0.1, 0.15) is 12.0 Å². The van der Waals surface area contributed by atoms with Crippen molar-refractivity contribution in [1.29, 1.82) is 0 Å². The molecule has 114 valence electrons. The van der Waals surface area contributed by atoms with Gasteiger partial charge in [-0.3, -0.25) is 14.9 Å². The lowest BCUT2D eigenvalue weighted by Gasteiger charge is -2.17. The fraction of sp³-hybridized carbons (Fsp3) is 0.417. The second-order valence-corrected chi connectivity index (χ2v) is 6.42. The first-order valence-electron chi connectivity index (χ1n) is 6.15. The fourth-order valence-corrected chi connectivity index (χ4v) is 3.22. The minimum atomic E-state index is -4.63. The highest BCUT2D eigenvalue weighted by Gasteiger charge is 2.34. The third kappa shape index (κ3) is 3.54. The van der Waals surface area contributed by atoms with Gasteiger partial charge in [0.2, 0.25) is 5.91 Å². The maximum absolute atomic E-state index is 12.7. The van der Waals surface area contributed by atoms with Crippen LogP contribution in [0.25, 0.3) is 0 Å². The zero-order chi connectivity index (χ0) is 15.8. The molecule has 0 radical (unpaired) electrons. The monoisotopic (exact) mass is 316 g/mol. The van der Waals surface area contributed by atoms with Crippen molar-refractivity contribution in [3.8, 4) is 0 Å². The molecule has 0 aliphatic carbocycles. The van der Waals surface area contributed by atoms with Crippen LogP contribution in [0.2, 0.25) is 0 Å². The van der Waals surface area contributed by atoms with Crippen LogP contribution in [0, 0.1) is 23.0 Å². The summed E-state index contributed by atoms with van der Waals surface area (Å²) in [6, 6.07) is 4.20. The smallest absolute Gasteiger partial charge is 0.302 e. The Balaban J connectivity index is 2.21. The number of rotatable bonds is 4.